The van der Waals surface area contributed by atoms with E-state index in [4.69, 9.17) is 23.9 Å². The molecule has 9 rings (SSSR count). The Balaban J connectivity index is 1.14. The van der Waals surface area contributed by atoms with E-state index in [9.17, 15) is 39.2 Å². The van der Waals surface area contributed by atoms with Crippen LogP contribution < -0.4 is 23.4 Å². The number of amidine groups is 1. The summed E-state index contributed by atoms with van der Waals surface area (Å²) in [6, 6.07) is 18.5. The number of alkyl halides is 5. The average molecular weight is 927 g/mol. The van der Waals surface area contributed by atoms with Gasteiger partial charge in [0.05, 0.1) is 56.9 Å². The third-order valence-electron chi connectivity index (χ3n) is 11.4. The van der Waals surface area contributed by atoms with Crippen LogP contribution in [0.2, 0.25) is 0 Å². The van der Waals surface area contributed by atoms with Gasteiger partial charge in [0, 0.05) is 24.0 Å². The fourth-order valence-electron chi connectivity index (χ4n) is 7.99. The van der Waals surface area contributed by atoms with E-state index in [1.54, 1.807) is 0 Å². The smallest absolute Gasteiger partial charge is 0.395 e. The topological polar surface area (TPSA) is 164 Å². The van der Waals surface area contributed by atoms with Crippen LogP contribution in [0.4, 0.5) is 33.3 Å². The predicted octanol–water partition coefficient (Wildman–Crippen LogP) is 7.80. The van der Waals surface area contributed by atoms with Gasteiger partial charge in [-0.05, 0) is 73.5 Å². The maximum Gasteiger partial charge on any atom is 0.586 e. The number of rotatable bonds is 14. The lowest BCUT2D eigenvalue weighted by atomic mass is 10.0. The van der Waals surface area contributed by atoms with Crippen molar-refractivity contribution in [1.29, 1.82) is 0 Å². The van der Waals surface area contributed by atoms with E-state index in [-0.39, 0.29) is 117 Å². The molecule has 3 aliphatic heterocycles. The number of hydrogen-bond donors (Lipinski definition) is 0. The molecule has 14 nitrogen and oxygen atoms in total. The first kappa shape index (κ1) is 43.1. The second-order valence-electron chi connectivity index (χ2n) is 15.7. The van der Waals surface area contributed by atoms with Crippen molar-refractivity contribution >= 4 is 42.8 Å². The fourth-order valence-corrected chi connectivity index (χ4v) is 9.63. The highest BCUT2D eigenvalue weighted by Crippen LogP contribution is 2.56. The zero-order valence-electron chi connectivity index (χ0n) is 33.9. The van der Waals surface area contributed by atoms with Crippen LogP contribution in [0.3, 0.4) is 0 Å². The molecule has 0 bridgehead atoms. The number of carbonyl (C=O) groups excluding carboxylic acids is 1. The summed E-state index contributed by atoms with van der Waals surface area (Å²) in [6.07, 6.45) is -5.57. The quantitative estimate of drug-likeness (QED) is 0.0789. The van der Waals surface area contributed by atoms with Crippen LogP contribution in [0.25, 0.3) is 0 Å². The van der Waals surface area contributed by atoms with Gasteiger partial charge in [-0.1, -0.05) is 26.0 Å². The number of aromatic nitrogens is 2. The standard InChI is InChI=1S/C43H37F5N5O9S2/c1-3-63(55,56)31-14-12-29(49-20-31)22-52(23-30-13-15-32(21-50-30)64(57,58)4-2)39(54)26-11-16-34-33(19-26)51-40(41(44)17-18-41)53(34,24-27-7-5-9-35-37(27)61-42(45,46)59-35)25-28-8-6-10-36-38(28)62-43(47,48)60-36/h5-16,19-21H,3-4,17-18,22-25H2,1-2H3/q+1. The van der Waals surface area contributed by atoms with Crippen LogP contribution in [-0.4, -0.2) is 73.2 Å². The highest BCUT2D eigenvalue weighted by molar-refractivity contribution is 7.91. The van der Waals surface area contributed by atoms with E-state index in [0.717, 1.165) is 0 Å². The highest BCUT2D eigenvalue weighted by atomic mass is 32.2. The summed E-state index contributed by atoms with van der Waals surface area (Å²) in [5.74, 6) is -2.15. The Morgan fingerprint density at radius 1 is 0.688 bits per heavy atom. The normalized spacial score (nSPS) is 18.0. The average Bonchev–Trinajstić information content (AvgIpc) is 3.62. The maximum absolute atomic E-state index is 16.9. The molecule has 64 heavy (non-hydrogen) atoms. The van der Waals surface area contributed by atoms with E-state index < -0.39 is 48.3 Å². The summed E-state index contributed by atoms with van der Waals surface area (Å²) in [4.78, 5) is 29.4. The zero-order valence-corrected chi connectivity index (χ0v) is 35.6. The minimum atomic E-state index is -4.01. The molecule has 334 valence electrons. The lowest BCUT2D eigenvalue weighted by molar-refractivity contribution is -0.287. The number of fused-ring (bicyclic) bond motifs is 3. The van der Waals surface area contributed by atoms with Crippen LogP contribution in [0.15, 0.2) is 106 Å². The van der Waals surface area contributed by atoms with Crippen molar-refractivity contribution in [2.45, 2.75) is 80.9 Å². The van der Waals surface area contributed by atoms with Gasteiger partial charge in [-0.15, -0.1) is 17.6 Å². The number of pyridine rings is 2. The van der Waals surface area contributed by atoms with Gasteiger partial charge in [0.2, 0.25) is 11.5 Å². The van der Waals surface area contributed by atoms with Crippen molar-refractivity contribution in [3.05, 3.63) is 119 Å². The number of carbonyl (C=O) groups is 1. The zero-order chi connectivity index (χ0) is 45.5. The molecule has 0 saturated heterocycles. The minimum absolute atomic E-state index is 0.0114. The van der Waals surface area contributed by atoms with Gasteiger partial charge in [-0.25, -0.2) is 25.7 Å². The van der Waals surface area contributed by atoms with Gasteiger partial charge in [0.1, 0.15) is 18.8 Å². The van der Waals surface area contributed by atoms with Crippen LogP contribution >= 0.6 is 0 Å². The van der Waals surface area contributed by atoms with Crippen LogP contribution in [0, 0.1) is 0 Å². The van der Waals surface area contributed by atoms with Crippen LogP contribution in [0.1, 0.15) is 59.6 Å². The number of halogens is 5. The minimum Gasteiger partial charge on any atom is -0.395 e. The first-order valence-corrected chi connectivity index (χ1v) is 23.2. The van der Waals surface area contributed by atoms with E-state index in [0.29, 0.717) is 11.4 Å². The van der Waals surface area contributed by atoms with Crippen molar-refractivity contribution in [3.8, 4) is 23.0 Å². The summed E-state index contributed by atoms with van der Waals surface area (Å²) in [5.41, 5.74) is -0.661. The third-order valence-corrected chi connectivity index (χ3v) is 14.8. The summed E-state index contributed by atoms with van der Waals surface area (Å²) < 4.78 is 144. The first-order chi connectivity index (χ1) is 30.2. The molecule has 4 aliphatic rings. The number of hydrogen-bond acceptors (Lipinski definition) is 12. The number of nitrogens with zero attached hydrogens (tertiary/aromatic N) is 5. The monoisotopic (exact) mass is 926 g/mol. The SMILES string of the molecule is CCS(=O)(=O)c1ccc(CN(Cc2ccc(S(=O)(=O)CC)cn2)C(=O)c2ccc3c(c2)N=C(C2(F)CC2)[N+]3(Cc2cccc3c2OC(F)(F)O3)Cc2cccc3c2OC(F)(F)O3)nc1. The molecule has 1 amide bonds. The Hall–Kier alpha value is -6.19. The van der Waals surface area contributed by atoms with E-state index in [2.05, 4.69) is 9.97 Å². The summed E-state index contributed by atoms with van der Waals surface area (Å²) >= 11 is 0. The lowest BCUT2D eigenvalue weighted by Gasteiger charge is -2.36. The molecule has 0 atom stereocenters. The van der Waals surface area contributed by atoms with Crippen molar-refractivity contribution in [2.75, 3.05) is 11.5 Å². The molecular formula is C43H37F5N5O9S2+. The highest BCUT2D eigenvalue weighted by Gasteiger charge is 2.63. The van der Waals surface area contributed by atoms with Crippen LogP contribution in [-0.2, 0) is 45.9 Å². The van der Waals surface area contributed by atoms with E-state index >= 15 is 4.39 Å². The molecule has 1 aliphatic carbocycles. The fraction of sp³-hybridized carbons (Fsp3) is 0.302. The van der Waals surface area contributed by atoms with Crippen molar-refractivity contribution in [3.63, 3.8) is 0 Å². The molecule has 0 spiro atoms. The summed E-state index contributed by atoms with van der Waals surface area (Å²) in [7, 11) is -7.18. The Morgan fingerprint density at radius 3 is 1.62 bits per heavy atom. The molecule has 0 N–H and O–H groups in total. The number of amides is 1. The molecule has 21 heteroatoms. The Bertz CT molecular complexity index is 2820. The molecule has 2 aromatic heterocycles. The van der Waals surface area contributed by atoms with Gasteiger partial charge in [-0.2, -0.15) is 4.99 Å². The number of ether oxygens (including phenoxy) is 4. The van der Waals surface area contributed by atoms with Gasteiger partial charge in [0.25, 0.3) is 5.91 Å². The molecule has 0 unspecified atom stereocenters. The Labute approximate surface area is 363 Å². The number of quaternary nitrogens is 1. The molecule has 3 aromatic carbocycles. The van der Waals surface area contributed by atoms with Gasteiger partial charge < -0.3 is 23.8 Å². The first-order valence-electron chi connectivity index (χ1n) is 19.9. The van der Waals surface area contributed by atoms with Crippen LogP contribution in [0.5, 0.6) is 23.0 Å². The molecule has 0 radical (unpaired) electrons. The summed E-state index contributed by atoms with van der Waals surface area (Å²) in [6.45, 7) is 2.05. The Morgan fingerprint density at radius 2 is 1.19 bits per heavy atom. The predicted molar refractivity (Wildman–Crippen MR) is 219 cm³/mol. The van der Waals surface area contributed by atoms with Gasteiger partial charge in [0.15, 0.2) is 48.4 Å². The molecule has 5 heterocycles. The molecule has 1 saturated carbocycles. The second-order valence-corrected chi connectivity index (χ2v) is 20.2. The molecular weight excluding hydrogens is 890 g/mol. The maximum atomic E-state index is 16.9. The van der Waals surface area contributed by atoms with Crippen molar-refractivity contribution in [1.82, 2.24) is 19.4 Å². The largest absolute Gasteiger partial charge is 0.586 e. The van der Waals surface area contributed by atoms with Gasteiger partial charge in [-0.3, -0.25) is 14.8 Å². The number of aliphatic imine (C=N–C) groups is 1. The van der Waals surface area contributed by atoms with Crippen molar-refractivity contribution < 1.29 is 62.5 Å². The molecule has 5 aromatic rings. The van der Waals surface area contributed by atoms with Gasteiger partial charge >= 0.3 is 12.6 Å². The Kier molecular flexibility index (Phi) is 10.2. The summed E-state index contributed by atoms with van der Waals surface area (Å²) in [5, 5.41) is 0. The second kappa shape index (κ2) is 15.2. The third kappa shape index (κ3) is 7.89. The lowest BCUT2D eigenvalue weighted by Crippen LogP contribution is -2.55. The number of benzene rings is 3. The number of para-hydroxylation sites is 2. The molecule has 1 fully saturated rings. The van der Waals surface area contributed by atoms with E-state index in [1.165, 1.54) is 110 Å². The van der Waals surface area contributed by atoms with E-state index in [1.807, 2.05) is 0 Å². The number of sulfone groups is 2. The van der Waals surface area contributed by atoms with Crippen molar-refractivity contribution in [2.24, 2.45) is 4.99 Å².